The average molecular weight is 366 g/mol. The number of hydrogen-bond acceptors (Lipinski definition) is 4. The quantitative estimate of drug-likeness (QED) is 0.577. The van der Waals surface area contributed by atoms with E-state index in [9.17, 15) is 4.79 Å². The third-order valence-electron chi connectivity index (χ3n) is 5.03. The van der Waals surface area contributed by atoms with Crippen LogP contribution < -0.4 is 10.2 Å². The van der Waals surface area contributed by atoms with E-state index in [0.717, 1.165) is 28.7 Å². The van der Waals surface area contributed by atoms with E-state index in [0.29, 0.717) is 17.9 Å². The minimum atomic E-state index is -0.00792. The molecular formula is C23H18N4O. The number of carbonyl (C=O) groups is 1. The van der Waals surface area contributed by atoms with Gasteiger partial charge in [-0.15, -0.1) is 0 Å². The molecule has 1 aliphatic heterocycles. The summed E-state index contributed by atoms with van der Waals surface area (Å²) in [6, 6.07) is 21.5. The van der Waals surface area contributed by atoms with E-state index in [4.69, 9.17) is 0 Å². The second-order valence-corrected chi connectivity index (χ2v) is 6.77. The summed E-state index contributed by atoms with van der Waals surface area (Å²) in [7, 11) is 0. The highest BCUT2D eigenvalue weighted by molar-refractivity contribution is 6.07. The number of fused-ring (bicyclic) bond motifs is 2. The highest BCUT2D eigenvalue weighted by atomic mass is 16.2. The molecule has 28 heavy (non-hydrogen) atoms. The van der Waals surface area contributed by atoms with Crippen LogP contribution in [0, 0.1) is 0 Å². The van der Waals surface area contributed by atoms with Crippen molar-refractivity contribution in [3.63, 3.8) is 0 Å². The van der Waals surface area contributed by atoms with E-state index in [1.54, 1.807) is 24.5 Å². The molecule has 4 aromatic rings. The van der Waals surface area contributed by atoms with Crippen LogP contribution in [0.15, 0.2) is 79.1 Å². The minimum absolute atomic E-state index is 0.00792. The molecule has 3 heterocycles. The van der Waals surface area contributed by atoms with Crippen LogP contribution in [0.3, 0.4) is 0 Å². The SMILES string of the molecule is O=C(c1ccnc(Nc2cccc3cccnc23)c1)N1CCc2ccccc21. The van der Waals surface area contributed by atoms with E-state index in [2.05, 4.69) is 21.4 Å². The Balaban J connectivity index is 1.45. The van der Waals surface area contributed by atoms with Crippen molar-refractivity contribution in [2.24, 2.45) is 0 Å². The molecular weight excluding hydrogens is 348 g/mol. The van der Waals surface area contributed by atoms with E-state index in [1.165, 1.54) is 5.56 Å². The van der Waals surface area contributed by atoms with Gasteiger partial charge in [0, 0.05) is 35.6 Å². The Labute approximate surface area is 162 Å². The summed E-state index contributed by atoms with van der Waals surface area (Å²) >= 11 is 0. The zero-order valence-electron chi connectivity index (χ0n) is 15.2. The van der Waals surface area contributed by atoms with Crippen molar-refractivity contribution in [3.8, 4) is 0 Å². The molecule has 1 N–H and O–H groups in total. The number of rotatable bonds is 3. The lowest BCUT2D eigenvalue weighted by molar-refractivity contribution is 0.0989. The fourth-order valence-electron chi connectivity index (χ4n) is 3.68. The van der Waals surface area contributed by atoms with Crippen molar-refractivity contribution in [1.29, 1.82) is 0 Å². The van der Waals surface area contributed by atoms with Gasteiger partial charge in [0.1, 0.15) is 5.82 Å². The fraction of sp³-hybridized carbons (Fsp3) is 0.0870. The first-order valence-electron chi connectivity index (χ1n) is 9.26. The summed E-state index contributed by atoms with van der Waals surface area (Å²) < 4.78 is 0. The van der Waals surface area contributed by atoms with E-state index >= 15 is 0 Å². The number of nitrogens with one attached hydrogen (secondary N) is 1. The van der Waals surface area contributed by atoms with Crippen LogP contribution in [0.4, 0.5) is 17.2 Å². The van der Waals surface area contributed by atoms with Gasteiger partial charge in [0.15, 0.2) is 0 Å². The van der Waals surface area contributed by atoms with Gasteiger partial charge in [-0.1, -0.05) is 36.4 Å². The van der Waals surface area contributed by atoms with E-state index in [1.807, 2.05) is 53.4 Å². The van der Waals surface area contributed by atoms with E-state index < -0.39 is 0 Å². The van der Waals surface area contributed by atoms with Gasteiger partial charge < -0.3 is 10.2 Å². The second-order valence-electron chi connectivity index (χ2n) is 6.77. The van der Waals surface area contributed by atoms with Crippen molar-refractivity contribution in [2.45, 2.75) is 6.42 Å². The molecule has 0 aliphatic carbocycles. The first-order valence-corrected chi connectivity index (χ1v) is 9.26. The lowest BCUT2D eigenvalue weighted by Gasteiger charge is -2.18. The number of amides is 1. The maximum absolute atomic E-state index is 13.1. The Morgan fingerprint density at radius 2 is 1.82 bits per heavy atom. The van der Waals surface area contributed by atoms with Crippen LogP contribution in [0.2, 0.25) is 0 Å². The number of hydrogen-bond donors (Lipinski definition) is 1. The van der Waals surface area contributed by atoms with Crippen molar-refractivity contribution in [1.82, 2.24) is 9.97 Å². The molecule has 0 unspecified atom stereocenters. The van der Waals surface area contributed by atoms with Gasteiger partial charge in [0.05, 0.1) is 11.2 Å². The fourth-order valence-corrected chi connectivity index (χ4v) is 3.68. The standard InChI is InChI=1S/C23H18N4O/c28-23(27-14-11-16-5-1-2-9-20(16)27)18-10-13-24-21(15-18)26-19-8-3-6-17-7-4-12-25-22(17)19/h1-10,12-13,15H,11,14H2,(H,24,26). The van der Waals surface area contributed by atoms with Crippen LogP contribution in [0.5, 0.6) is 0 Å². The second kappa shape index (κ2) is 6.78. The maximum atomic E-state index is 13.1. The highest BCUT2D eigenvalue weighted by Gasteiger charge is 2.25. The summed E-state index contributed by atoms with van der Waals surface area (Å²) in [5.41, 5.74) is 4.56. The first kappa shape index (κ1) is 16.4. The van der Waals surface area contributed by atoms with Crippen LogP contribution in [0.25, 0.3) is 10.9 Å². The predicted octanol–water partition coefficient (Wildman–Crippen LogP) is 4.58. The van der Waals surface area contributed by atoms with Gasteiger partial charge in [-0.2, -0.15) is 0 Å². The molecule has 0 bridgehead atoms. The van der Waals surface area contributed by atoms with E-state index in [-0.39, 0.29) is 5.91 Å². The molecule has 1 aliphatic rings. The molecule has 136 valence electrons. The number of pyridine rings is 2. The van der Waals surface area contributed by atoms with Gasteiger partial charge in [-0.3, -0.25) is 9.78 Å². The number of anilines is 3. The Bertz CT molecular complexity index is 1180. The molecule has 0 atom stereocenters. The summed E-state index contributed by atoms with van der Waals surface area (Å²) in [5.74, 6) is 0.614. The van der Waals surface area contributed by atoms with Crippen molar-refractivity contribution in [2.75, 3.05) is 16.8 Å². The third kappa shape index (κ3) is 2.87. The van der Waals surface area contributed by atoms with Crippen LogP contribution in [-0.2, 0) is 6.42 Å². The summed E-state index contributed by atoms with van der Waals surface area (Å²) in [6.07, 6.45) is 4.32. The summed E-state index contributed by atoms with van der Waals surface area (Å²) in [6.45, 7) is 0.705. The smallest absolute Gasteiger partial charge is 0.258 e. The lowest BCUT2D eigenvalue weighted by atomic mass is 10.1. The van der Waals surface area contributed by atoms with Crippen LogP contribution >= 0.6 is 0 Å². The number of para-hydroxylation sites is 2. The molecule has 0 fully saturated rings. The van der Waals surface area contributed by atoms with Crippen LogP contribution in [-0.4, -0.2) is 22.4 Å². The Morgan fingerprint density at radius 1 is 0.929 bits per heavy atom. The molecule has 5 nitrogen and oxygen atoms in total. The normalized spacial score (nSPS) is 12.8. The lowest BCUT2D eigenvalue weighted by Crippen LogP contribution is -2.28. The number of nitrogens with zero attached hydrogens (tertiary/aromatic N) is 3. The van der Waals surface area contributed by atoms with Gasteiger partial charge in [-0.05, 0) is 42.3 Å². The topological polar surface area (TPSA) is 58.1 Å². The predicted molar refractivity (Wildman–Crippen MR) is 111 cm³/mol. The first-order chi connectivity index (χ1) is 13.8. The van der Waals surface area contributed by atoms with Crippen molar-refractivity contribution in [3.05, 3.63) is 90.3 Å². The molecule has 5 rings (SSSR count). The zero-order valence-corrected chi connectivity index (χ0v) is 15.2. The third-order valence-corrected chi connectivity index (χ3v) is 5.03. The Morgan fingerprint density at radius 3 is 2.79 bits per heavy atom. The average Bonchev–Trinajstić information content (AvgIpc) is 3.18. The number of aromatic nitrogens is 2. The molecule has 0 saturated heterocycles. The van der Waals surface area contributed by atoms with Crippen molar-refractivity contribution < 1.29 is 4.79 Å². The maximum Gasteiger partial charge on any atom is 0.258 e. The van der Waals surface area contributed by atoms with Gasteiger partial charge in [-0.25, -0.2) is 4.98 Å². The van der Waals surface area contributed by atoms with Gasteiger partial charge in [0.2, 0.25) is 0 Å². The Hall–Kier alpha value is -3.73. The van der Waals surface area contributed by atoms with Crippen molar-refractivity contribution >= 4 is 34.0 Å². The zero-order chi connectivity index (χ0) is 18.9. The molecule has 1 amide bonds. The number of carbonyl (C=O) groups excluding carboxylic acids is 1. The van der Waals surface area contributed by atoms with Crippen LogP contribution in [0.1, 0.15) is 15.9 Å². The highest BCUT2D eigenvalue weighted by Crippen LogP contribution is 2.29. The minimum Gasteiger partial charge on any atom is -0.338 e. The molecule has 2 aromatic carbocycles. The number of benzene rings is 2. The molecule has 2 aromatic heterocycles. The molecule has 5 heteroatoms. The largest absolute Gasteiger partial charge is 0.338 e. The molecule has 0 radical (unpaired) electrons. The monoisotopic (exact) mass is 366 g/mol. The Kier molecular flexibility index (Phi) is 3.98. The van der Waals surface area contributed by atoms with Gasteiger partial charge in [0.25, 0.3) is 5.91 Å². The summed E-state index contributed by atoms with van der Waals surface area (Å²) in [4.78, 5) is 23.8. The summed E-state index contributed by atoms with van der Waals surface area (Å²) in [5, 5.41) is 4.36. The van der Waals surface area contributed by atoms with Gasteiger partial charge >= 0.3 is 0 Å². The molecule has 0 spiro atoms. The molecule has 0 saturated carbocycles.